The van der Waals surface area contributed by atoms with Crippen LogP contribution < -0.4 is 11.1 Å². The van der Waals surface area contributed by atoms with Crippen molar-refractivity contribution in [2.45, 2.75) is 0 Å². The molecule has 0 atom stereocenters. The highest BCUT2D eigenvalue weighted by Crippen LogP contribution is 2.23. The predicted octanol–water partition coefficient (Wildman–Crippen LogP) is 1.93. The number of aromatic nitrogens is 1. The Kier molecular flexibility index (Phi) is 5.09. The molecule has 2 amide bonds. The minimum Gasteiger partial charge on any atom is -0.366 e. The average Bonchev–Trinajstić information content (AvgIpc) is 2.38. The van der Waals surface area contributed by atoms with Gasteiger partial charge in [-0.2, -0.15) is 0 Å². The van der Waals surface area contributed by atoms with Gasteiger partial charge in [0.25, 0.3) is 0 Å². The van der Waals surface area contributed by atoms with E-state index in [9.17, 15) is 9.59 Å². The lowest BCUT2D eigenvalue weighted by atomic mass is 10.1. The van der Waals surface area contributed by atoms with Crippen molar-refractivity contribution in [3.63, 3.8) is 0 Å². The third-order valence-electron chi connectivity index (χ3n) is 2.38. The number of halogens is 2. The highest BCUT2D eigenvalue weighted by molar-refractivity contribution is 6.29. The molecule has 0 spiro atoms. The van der Waals surface area contributed by atoms with E-state index in [4.69, 9.17) is 17.3 Å². The van der Waals surface area contributed by atoms with Crippen LogP contribution in [0, 0.1) is 0 Å². The van der Waals surface area contributed by atoms with Crippen LogP contribution in [-0.4, -0.2) is 22.7 Å². The fraction of sp³-hybridized carbons (Fsp3) is 0.0833. The molecule has 0 saturated carbocycles. The number of amides is 2. The molecule has 0 aliphatic rings. The highest BCUT2D eigenvalue weighted by atomic mass is 35.5. The first-order valence-corrected chi connectivity index (χ1v) is 5.69. The number of carbonyl (C=O) groups excluding carboxylic acids is 2. The molecule has 7 heteroatoms. The second kappa shape index (κ2) is 6.36. The summed E-state index contributed by atoms with van der Waals surface area (Å²) in [6, 6.07) is 6.63. The second-order valence-corrected chi connectivity index (χ2v) is 3.91. The summed E-state index contributed by atoms with van der Waals surface area (Å²) in [4.78, 5) is 26.7. The fourth-order valence-corrected chi connectivity index (χ4v) is 1.68. The van der Waals surface area contributed by atoms with Gasteiger partial charge in [0, 0.05) is 17.1 Å². The first-order valence-electron chi connectivity index (χ1n) is 5.16. The van der Waals surface area contributed by atoms with Gasteiger partial charge in [0.15, 0.2) is 0 Å². The van der Waals surface area contributed by atoms with Crippen molar-refractivity contribution in [2.24, 2.45) is 5.73 Å². The van der Waals surface area contributed by atoms with Crippen molar-refractivity contribution in [1.82, 2.24) is 4.98 Å². The Hall–Kier alpha value is -1.85. The van der Waals surface area contributed by atoms with Crippen LogP contribution in [0.5, 0.6) is 0 Å². The van der Waals surface area contributed by atoms with Crippen LogP contribution in [0.25, 0.3) is 10.9 Å². The van der Waals surface area contributed by atoms with Gasteiger partial charge in [-0.15, -0.1) is 24.0 Å². The summed E-state index contributed by atoms with van der Waals surface area (Å²) in [7, 11) is 0. The van der Waals surface area contributed by atoms with Gasteiger partial charge in [-0.25, -0.2) is 0 Å². The number of benzene rings is 1. The van der Waals surface area contributed by atoms with Crippen molar-refractivity contribution in [2.75, 3.05) is 11.2 Å². The van der Waals surface area contributed by atoms with E-state index in [0.717, 1.165) is 5.39 Å². The number of primary amides is 1. The summed E-state index contributed by atoms with van der Waals surface area (Å²) in [6.45, 7) is 0. The molecule has 2 rings (SSSR count). The summed E-state index contributed by atoms with van der Waals surface area (Å²) in [5, 5.41) is 3.31. The van der Waals surface area contributed by atoms with E-state index in [0.29, 0.717) is 16.8 Å². The Morgan fingerprint density at radius 3 is 2.74 bits per heavy atom. The van der Waals surface area contributed by atoms with Crippen molar-refractivity contribution < 1.29 is 9.59 Å². The molecule has 2 aromatic rings. The molecule has 0 unspecified atom stereocenters. The molecule has 1 aromatic carbocycles. The Morgan fingerprint density at radius 1 is 1.37 bits per heavy atom. The van der Waals surface area contributed by atoms with E-state index >= 15 is 0 Å². The standard InChI is InChI=1S/C12H10ClN3O2.ClH/c13-6-10(17)16-9-5-8(12(14)18)4-7-2-1-3-15-11(7)9;/h1-5H,6H2,(H2,14,18)(H,16,17);1H. The number of alkyl halides is 1. The molecule has 0 bridgehead atoms. The van der Waals surface area contributed by atoms with E-state index in [1.807, 2.05) is 0 Å². The van der Waals surface area contributed by atoms with Gasteiger partial charge in [-0.05, 0) is 18.2 Å². The van der Waals surface area contributed by atoms with Gasteiger partial charge in [0.1, 0.15) is 5.88 Å². The molecule has 5 nitrogen and oxygen atoms in total. The number of nitrogens with two attached hydrogens (primary N) is 1. The van der Waals surface area contributed by atoms with E-state index in [1.54, 1.807) is 24.4 Å². The summed E-state index contributed by atoms with van der Waals surface area (Å²) >= 11 is 5.43. The molecule has 0 fully saturated rings. The lowest BCUT2D eigenvalue weighted by Crippen LogP contribution is -2.15. The van der Waals surface area contributed by atoms with Crippen molar-refractivity contribution in [3.05, 3.63) is 36.0 Å². The van der Waals surface area contributed by atoms with Gasteiger partial charge in [-0.3, -0.25) is 14.6 Å². The van der Waals surface area contributed by atoms with E-state index < -0.39 is 5.91 Å². The van der Waals surface area contributed by atoms with Gasteiger partial charge in [0.2, 0.25) is 11.8 Å². The zero-order valence-corrected chi connectivity index (χ0v) is 11.3. The van der Waals surface area contributed by atoms with Crippen molar-refractivity contribution in [3.8, 4) is 0 Å². The Bertz CT molecular complexity index is 631. The third-order valence-corrected chi connectivity index (χ3v) is 2.63. The topological polar surface area (TPSA) is 85.1 Å². The van der Waals surface area contributed by atoms with Crippen LogP contribution in [-0.2, 0) is 4.79 Å². The summed E-state index contributed by atoms with van der Waals surface area (Å²) < 4.78 is 0. The van der Waals surface area contributed by atoms with Gasteiger partial charge < -0.3 is 11.1 Å². The minimum absolute atomic E-state index is 0. The van der Waals surface area contributed by atoms with E-state index in [-0.39, 0.29) is 24.2 Å². The summed E-state index contributed by atoms with van der Waals surface area (Å²) in [6.07, 6.45) is 1.60. The molecular formula is C12H11Cl2N3O2. The largest absolute Gasteiger partial charge is 0.366 e. The molecule has 0 saturated heterocycles. The molecule has 0 aliphatic carbocycles. The molecule has 0 aliphatic heterocycles. The number of nitrogens with one attached hydrogen (secondary N) is 1. The van der Waals surface area contributed by atoms with Gasteiger partial charge >= 0.3 is 0 Å². The van der Waals surface area contributed by atoms with Crippen molar-refractivity contribution in [1.29, 1.82) is 0 Å². The highest BCUT2D eigenvalue weighted by Gasteiger charge is 2.10. The number of anilines is 1. The molecule has 1 aromatic heterocycles. The maximum absolute atomic E-state index is 11.3. The summed E-state index contributed by atoms with van der Waals surface area (Å²) in [5.41, 5.74) is 6.55. The lowest BCUT2D eigenvalue weighted by Gasteiger charge is -2.08. The number of nitrogens with zero attached hydrogens (tertiary/aromatic N) is 1. The smallest absolute Gasteiger partial charge is 0.248 e. The number of hydrogen-bond donors (Lipinski definition) is 2. The third kappa shape index (κ3) is 3.33. The number of hydrogen-bond acceptors (Lipinski definition) is 3. The Labute approximate surface area is 120 Å². The van der Waals surface area contributed by atoms with Gasteiger partial charge in [0.05, 0.1) is 11.2 Å². The fourth-order valence-electron chi connectivity index (χ4n) is 1.61. The van der Waals surface area contributed by atoms with Crippen LogP contribution in [0.1, 0.15) is 10.4 Å². The maximum atomic E-state index is 11.3. The first kappa shape index (κ1) is 15.2. The number of rotatable bonds is 3. The van der Waals surface area contributed by atoms with Gasteiger partial charge in [-0.1, -0.05) is 6.07 Å². The average molecular weight is 300 g/mol. The molecule has 3 N–H and O–H groups in total. The first-order chi connectivity index (χ1) is 8.61. The Morgan fingerprint density at radius 2 is 2.11 bits per heavy atom. The summed E-state index contributed by atoms with van der Waals surface area (Å²) in [5.74, 6) is -1.11. The van der Waals surface area contributed by atoms with Crippen LogP contribution >= 0.6 is 24.0 Å². The zero-order valence-electron chi connectivity index (χ0n) is 9.72. The monoisotopic (exact) mass is 299 g/mol. The van der Waals surface area contributed by atoms with Crippen LogP contribution in [0.3, 0.4) is 0 Å². The number of pyridine rings is 1. The van der Waals surface area contributed by atoms with Crippen LogP contribution in [0.2, 0.25) is 0 Å². The number of fused-ring (bicyclic) bond motifs is 1. The second-order valence-electron chi connectivity index (χ2n) is 3.64. The maximum Gasteiger partial charge on any atom is 0.248 e. The predicted molar refractivity (Wildman–Crippen MR) is 76.9 cm³/mol. The minimum atomic E-state index is -0.567. The van der Waals surface area contributed by atoms with Crippen molar-refractivity contribution >= 4 is 52.4 Å². The number of carbonyl (C=O) groups is 2. The molecular weight excluding hydrogens is 289 g/mol. The van der Waals surface area contributed by atoms with Crippen LogP contribution in [0.15, 0.2) is 30.5 Å². The molecule has 19 heavy (non-hydrogen) atoms. The Balaban J connectivity index is 0.00000180. The molecule has 100 valence electrons. The lowest BCUT2D eigenvalue weighted by molar-refractivity contribution is -0.113. The van der Waals surface area contributed by atoms with E-state index in [1.165, 1.54) is 6.07 Å². The van der Waals surface area contributed by atoms with Crippen LogP contribution in [0.4, 0.5) is 5.69 Å². The zero-order chi connectivity index (χ0) is 13.1. The quantitative estimate of drug-likeness (QED) is 0.849. The van der Waals surface area contributed by atoms with E-state index in [2.05, 4.69) is 10.3 Å². The normalized spacial score (nSPS) is 9.74. The SMILES string of the molecule is Cl.NC(=O)c1cc(NC(=O)CCl)c2ncccc2c1. The molecule has 0 radical (unpaired) electrons. The molecule has 1 heterocycles.